The average Bonchev–Trinajstić information content (AvgIpc) is 2.86. The maximum Gasteiger partial charge on any atom is 0.228 e. The molecule has 2 amide bonds. The third kappa shape index (κ3) is 4.21. The molecule has 1 atom stereocenters. The van der Waals surface area contributed by atoms with E-state index in [2.05, 4.69) is 16.0 Å². The highest BCUT2D eigenvalue weighted by Crippen LogP contribution is 2.21. The Kier molecular flexibility index (Phi) is 5.98. The van der Waals surface area contributed by atoms with Crippen molar-refractivity contribution >= 4 is 35.6 Å². The van der Waals surface area contributed by atoms with E-state index in [4.69, 9.17) is 0 Å². The molecule has 0 aromatic heterocycles. The van der Waals surface area contributed by atoms with E-state index in [0.29, 0.717) is 5.69 Å². The molecule has 1 saturated heterocycles. The van der Waals surface area contributed by atoms with Gasteiger partial charge in [0, 0.05) is 24.8 Å². The summed E-state index contributed by atoms with van der Waals surface area (Å²) in [7, 11) is 0. The second-order valence-electron chi connectivity index (χ2n) is 4.89. The maximum atomic E-state index is 12.0. The van der Waals surface area contributed by atoms with Crippen LogP contribution in [0.2, 0.25) is 0 Å². The SMILES string of the molecule is CC(=O)Nc1cc(NC(=O)C2CCNC2)ccc1C.Cl. The monoisotopic (exact) mass is 297 g/mol. The second-order valence-corrected chi connectivity index (χ2v) is 4.89. The van der Waals surface area contributed by atoms with Crippen molar-refractivity contribution in [2.75, 3.05) is 23.7 Å². The number of hydrogen-bond acceptors (Lipinski definition) is 3. The Morgan fingerprint density at radius 2 is 2.05 bits per heavy atom. The van der Waals surface area contributed by atoms with Crippen LogP contribution >= 0.6 is 12.4 Å². The van der Waals surface area contributed by atoms with Crippen molar-refractivity contribution in [3.63, 3.8) is 0 Å². The number of rotatable bonds is 3. The van der Waals surface area contributed by atoms with Crippen molar-refractivity contribution in [2.24, 2.45) is 5.92 Å². The molecule has 1 aliphatic rings. The molecule has 1 aromatic rings. The number of carbonyl (C=O) groups excluding carboxylic acids is 2. The Labute approximate surface area is 124 Å². The lowest BCUT2D eigenvalue weighted by Crippen LogP contribution is -2.24. The molecular formula is C14H20ClN3O2. The van der Waals surface area contributed by atoms with E-state index in [0.717, 1.165) is 30.8 Å². The van der Waals surface area contributed by atoms with E-state index in [-0.39, 0.29) is 30.1 Å². The molecule has 6 heteroatoms. The zero-order valence-electron chi connectivity index (χ0n) is 11.7. The molecule has 1 aliphatic heterocycles. The average molecular weight is 298 g/mol. The molecular weight excluding hydrogens is 278 g/mol. The number of halogens is 1. The van der Waals surface area contributed by atoms with Crippen molar-refractivity contribution in [2.45, 2.75) is 20.3 Å². The summed E-state index contributed by atoms with van der Waals surface area (Å²) in [5.74, 6) is -0.0558. The minimum Gasteiger partial charge on any atom is -0.326 e. The van der Waals surface area contributed by atoms with Gasteiger partial charge in [-0.25, -0.2) is 0 Å². The Balaban J connectivity index is 0.00000200. The van der Waals surface area contributed by atoms with Crippen molar-refractivity contribution < 1.29 is 9.59 Å². The highest BCUT2D eigenvalue weighted by Gasteiger charge is 2.22. The normalized spacial score (nSPS) is 17.2. The summed E-state index contributed by atoms with van der Waals surface area (Å²) in [6.45, 7) is 5.01. The molecule has 1 heterocycles. The van der Waals surface area contributed by atoms with Gasteiger partial charge in [0.15, 0.2) is 0 Å². The molecule has 20 heavy (non-hydrogen) atoms. The molecule has 0 bridgehead atoms. The molecule has 3 N–H and O–H groups in total. The summed E-state index contributed by atoms with van der Waals surface area (Å²) in [6.07, 6.45) is 0.871. The zero-order valence-corrected chi connectivity index (χ0v) is 12.5. The Bertz CT molecular complexity index is 499. The van der Waals surface area contributed by atoms with Gasteiger partial charge in [0.05, 0.1) is 5.92 Å². The fourth-order valence-electron chi connectivity index (χ4n) is 2.15. The second kappa shape index (κ2) is 7.26. The third-order valence-electron chi connectivity index (χ3n) is 3.25. The smallest absolute Gasteiger partial charge is 0.228 e. The van der Waals surface area contributed by atoms with Crippen molar-refractivity contribution in [1.29, 1.82) is 0 Å². The molecule has 0 saturated carbocycles. The van der Waals surface area contributed by atoms with E-state index in [1.807, 2.05) is 19.1 Å². The molecule has 1 unspecified atom stereocenters. The van der Waals surface area contributed by atoms with Crippen LogP contribution in [0.4, 0.5) is 11.4 Å². The zero-order chi connectivity index (χ0) is 13.8. The van der Waals surface area contributed by atoms with Crippen LogP contribution in [-0.2, 0) is 9.59 Å². The first-order valence-electron chi connectivity index (χ1n) is 6.46. The van der Waals surface area contributed by atoms with Crippen LogP contribution in [0.25, 0.3) is 0 Å². The van der Waals surface area contributed by atoms with Crippen molar-refractivity contribution in [3.05, 3.63) is 23.8 Å². The van der Waals surface area contributed by atoms with Crippen molar-refractivity contribution in [3.8, 4) is 0 Å². The van der Waals surface area contributed by atoms with Gasteiger partial charge in [-0.1, -0.05) is 6.07 Å². The number of amides is 2. The first-order valence-corrected chi connectivity index (χ1v) is 6.46. The molecule has 0 aliphatic carbocycles. The number of carbonyl (C=O) groups is 2. The summed E-state index contributed by atoms with van der Waals surface area (Å²) in [5.41, 5.74) is 2.41. The van der Waals surface area contributed by atoms with Crippen LogP contribution in [0.15, 0.2) is 18.2 Å². The van der Waals surface area contributed by atoms with Gasteiger partial charge in [0.1, 0.15) is 0 Å². The standard InChI is InChI=1S/C14H19N3O2.ClH/c1-9-3-4-12(7-13(9)16-10(2)18)17-14(19)11-5-6-15-8-11;/h3-4,7,11,15H,5-6,8H2,1-2H3,(H,16,18)(H,17,19);1H. The molecule has 1 fully saturated rings. The van der Waals surface area contributed by atoms with Gasteiger partial charge in [-0.15, -0.1) is 12.4 Å². The molecule has 1 aromatic carbocycles. The number of hydrogen-bond donors (Lipinski definition) is 3. The fourth-order valence-corrected chi connectivity index (χ4v) is 2.15. The minimum atomic E-state index is -0.119. The summed E-state index contributed by atoms with van der Waals surface area (Å²) in [6, 6.07) is 5.52. The Hall–Kier alpha value is -1.59. The largest absolute Gasteiger partial charge is 0.326 e. The fraction of sp³-hybridized carbons (Fsp3) is 0.429. The predicted molar refractivity (Wildman–Crippen MR) is 82.3 cm³/mol. The minimum absolute atomic E-state index is 0. The van der Waals surface area contributed by atoms with Crippen LogP contribution in [0.5, 0.6) is 0 Å². The summed E-state index contributed by atoms with van der Waals surface area (Å²) >= 11 is 0. The van der Waals surface area contributed by atoms with Crippen LogP contribution in [-0.4, -0.2) is 24.9 Å². The van der Waals surface area contributed by atoms with E-state index in [9.17, 15) is 9.59 Å². The van der Waals surface area contributed by atoms with Crippen LogP contribution in [0.3, 0.4) is 0 Å². The quantitative estimate of drug-likeness (QED) is 0.798. The number of anilines is 2. The number of benzene rings is 1. The first-order chi connectivity index (χ1) is 9.06. The Morgan fingerprint density at radius 1 is 1.30 bits per heavy atom. The van der Waals surface area contributed by atoms with E-state index < -0.39 is 0 Å². The topological polar surface area (TPSA) is 70.2 Å². The highest BCUT2D eigenvalue weighted by atomic mass is 35.5. The van der Waals surface area contributed by atoms with Gasteiger partial charge in [0.2, 0.25) is 11.8 Å². The summed E-state index contributed by atoms with van der Waals surface area (Å²) < 4.78 is 0. The Morgan fingerprint density at radius 3 is 2.65 bits per heavy atom. The highest BCUT2D eigenvalue weighted by molar-refractivity contribution is 5.95. The molecule has 5 nitrogen and oxygen atoms in total. The molecule has 2 rings (SSSR count). The first kappa shape index (κ1) is 16.5. The number of nitrogens with one attached hydrogen (secondary N) is 3. The maximum absolute atomic E-state index is 12.0. The molecule has 0 radical (unpaired) electrons. The summed E-state index contributed by atoms with van der Waals surface area (Å²) in [4.78, 5) is 23.1. The lowest BCUT2D eigenvalue weighted by atomic mass is 10.1. The lowest BCUT2D eigenvalue weighted by Gasteiger charge is -2.12. The van der Waals surface area contributed by atoms with Gasteiger partial charge >= 0.3 is 0 Å². The van der Waals surface area contributed by atoms with Crippen LogP contribution in [0, 0.1) is 12.8 Å². The van der Waals surface area contributed by atoms with Crippen LogP contribution < -0.4 is 16.0 Å². The van der Waals surface area contributed by atoms with E-state index >= 15 is 0 Å². The van der Waals surface area contributed by atoms with Crippen molar-refractivity contribution in [1.82, 2.24) is 5.32 Å². The van der Waals surface area contributed by atoms with E-state index in [1.54, 1.807) is 6.07 Å². The van der Waals surface area contributed by atoms with E-state index in [1.165, 1.54) is 6.92 Å². The molecule has 110 valence electrons. The summed E-state index contributed by atoms with van der Waals surface area (Å²) in [5, 5.41) is 8.82. The number of aryl methyl sites for hydroxylation is 1. The van der Waals surface area contributed by atoms with Gasteiger partial charge in [-0.05, 0) is 37.6 Å². The van der Waals surface area contributed by atoms with Gasteiger partial charge in [0.25, 0.3) is 0 Å². The molecule has 0 spiro atoms. The van der Waals surface area contributed by atoms with Crippen LogP contribution in [0.1, 0.15) is 18.9 Å². The third-order valence-corrected chi connectivity index (χ3v) is 3.25. The van der Waals surface area contributed by atoms with Gasteiger partial charge in [-0.3, -0.25) is 9.59 Å². The lowest BCUT2D eigenvalue weighted by molar-refractivity contribution is -0.119. The van der Waals surface area contributed by atoms with Gasteiger partial charge < -0.3 is 16.0 Å². The van der Waals surface area contributed by atoms with Gasteiger partial charge in [-0.2, -0.15) is 0 Å². The predicted octanol–water partition coefficient (Wildman–Crippen LogP) is 1.92.